The van der Waals surface area contributed by atoms with Crippen LogP contribution in [0.2, 0.25) is 0 Å². The van der Waals surface area contributed by atoms with Crippen LogP contribution in [-0.4, -0.2) is 47.8 Å². The summed E-state index contributed by atoms with van der Waals surface area (Å²) in [5.74, 6) is 0.838. The molecule has 0 amide bonds. The molecule has 2 aromatic heterocycles. The Hall–Kier alpha value is -3.61. The molecule has 7 heteroatoms. The maximum absolute atomic E-state index is 12.3. The van der Waals surface area contributed by atoms with E-state index in [1.54, 1.807) is 20.5 Å². The van der Waals surface area contributed by atoms with Crippen molar-refractivity contribution in [3.63, 3.8) is 0 Å². The Morgan fingerprint density at radius 2 is 1.67 bits per heavy atom. The van der Waals surface area contributed by atoms with Gasteiger partial charge >= 0.3 is 0 Å². The molecule has 0 atom stereocenters. The third kappa shape index (κ3) is 3.12. The average molecular weight is 401 g/mol. The van der Waals surface area contributed by atoms with E-state index in [9.17, 15) is 4.79 Å². The van der Waals surface area contributed by atoms with Gasteiger partial charge < -0.3 is 19.1 Å². The predicted octanol–water partition coefficient (Wildman–Crippen LogP) is 2.82. The first-order chi connectivity index (χ1) is 14.6. The minimum Gasteiger partial charge on any atom is -0.497 e. The van der Waals surface area contributed by atoms with Crippen molar-refractivity contribution in [1.29, 1.82) is 0 Å². The van der Waals surface area contributed by atoms with Gasteiger partial charge in [-0.05, 0) is 42.5 Å². The van der Waals surface area contributed by atoms with Crippen LogP contribution in [0.5, 0.6) is 5.75 Å². The second-order valence-electron chi connectivity index (χ2n) is 7.55. The van der Waals surface area contributed by atoms with E-state index >= 15 is 0 Å². The summed E-state index contributed by atoms with van der Waals surface area (Å²) in [6.07, 6.45) is 3.45. The fourth-order valence-electron chi connectivity index (χ4n) is 4.11. The number of hydrogen-bond acceptors (Lipinski definition) is 6. The Morgan fingerprint density at radius 3 is 2.47 bits per heavy atom. The summed E-state index contributed by atoms with van der Waals surface area (Å²) in [6, 6.07) is 14.0. The van der Waals surface area contributed by atoms with Crippen LogP contribution in [0, 0.1) is 0 Å². The van der Waals surface area contributed by atoms with Crippen molar-refractivity contribution in [2.24, 2.45) is 7.05 Å². The minimum atomic E-state index is -0.0173. The molecule has 1 aliphatic heterocycles. The number of hydrogen-bond donors (Lipinski definition) is 0. The van der Waals surface area contributed by atoms with E-state index in [2.05, 4.69) is 31.9 Å². The molecule has 152 valence electrons. The molecule has 3 heterocycles. The number of benzene rings is 2. The topological polar surface area (TPSA) is 63.5 Å². The number of rotatable bonds is 3. The highest BCUT2D eigenvalue weighted by atomic mass is 16.5. The van der Waals surface area contributed by atoms with Crippen molar-refractivity contribution in [2.45, 2.75) is 0 Å². The van der Waals surface area contributed by atoms with Crippen molar-refractivity contribution in [1.82, 2.24) is 14.5 Å². The average Bonchev–Trinajstić information content (AvgIpc) is 2.80. The van der Waals surface area contributed by atoms with E-state index in [0.29, 0.717) is 5.39 Å². The lowest BCUT2D eigenvalue weighted by molar-refractivity contribution is 0.415. The second-order valence-corrected chi connectivity index (χ2v) is 7.55. The van der Waals surface area contributed by atoms with E-state index < -0.39 is 0 Å². The van der Waals surface area contributed by atoms with Crippen molar-refractivity contribution >= 4 is 33.2 Å². The van der Waals surface area contributed by atoms with E-state index in [0.717, 1.165) is 54.0 Å². The molecule has 2 aromatic carbocycles. The van der Waals surface area contributed by atoms with Crippen LogP contribution >= 0.6 is 0 Å². The Balaban J connectivity index is 1.39. The third-order valence-corrected chi connectivity index (χ3v) is 5.81. The van der Waals surface area contributed by atoms with Crippen molar-refractivity contribution in [3.05, 3.63) is 65.3 Å². The molecule has 4 aromatic rings. The van der Waals surface area contributed by atoms with Crippen molar-refractivity contribution in [3.8, 4) is 5.75 Å². The van der Waals surface area contributed by atoms with Gasteiger partial charge in [-0.1, -0.05) is 0 Å². The first kappa shape index (κ1) is 18.4. The van der Waals surface area contributed by atoms with Crippen molar-refractivity contribution in [2.75, 3.05) is 43.1 Å². The normalized spacial score (nSPS) is 14.5. The van der Waals surface area contributed by atoms with Crippen LogP contribution in [-0.2, 0) is 7.05 Å². The summed E-state index contributed by atoms with van der Waals surface area (Å²) >= 11 is 0. The van der Waals surface area contributed by atoms with Gasteiger partial charge in [0.05, 0.1) is 29.9 Å². The number of aromatic nitrogens is 3. The summed E-state index contributed by atoms with van der Waals surface area (Å²) < 4.78 is 6.91. The molecule has 0 N–H and O–H groups in total. The number of anilines is 2. The maximum Gasteiger partial charge on any atom is 0.260 e. The molecule has 1 aliphatic rings. The molecule has 0 bridgehead atoms. The largest absolute Gasteiger partial charge is 0.497 e. The number of fused-ring (bicyclic) bond motifs is 2. The number of aryl methyl sites for hydroxylation is 1. The Morgan fingerprint density at radius 1 is 0.867 bits per heavy atom. The first-order valence-corrected chi connectivity index (χ1v) is 10.0. The molecular formula is C23H23N5O2. The Labute approximate surface area is 174 Å². The summed E-state index contributed by atoms with van der Waals surface area (Å²) in [7, 11) is 3.41. The number of nitrogens with zero attached hydrogens (tertiary/aromatic N) is 5. The zero-order valence-corrected chi connectivity index (χ0v) is 17.1. The quantitative estimate of drug-likeness (QED) is 0.526. The molecular weight excluding hydrogens is 378 g/mol. The molecule has 0 radical (unpaired) electrons. The highest BCUT2D eigenvalue weighted by molar-refractivity contribution is 5.92. The van der Waals surface area contributed by atoms with Gasteiger partial charge in [0.25, 0.3) is 5.56 Å². The number of pyridine rings is 1. The van der Waals surface area contributed by atoms with E-state index in [-0.39, 0.29) is 5.56 Å². The smallest absolute Gasteiger partial charge is 0.260 e. The van der Waals surface area contributed by atoms with Gasteiger partial charge in [0, 0.05) is 56.2 Å². The number of ether oxygens (including phenoxy) is 1. The lowest BCUT2D eigenvalue weighted by Crippen LogP contribution is -2.46. The molecule has 0 aliphatic carbocycles. The van der Waals surface area contributed by atoms with E-state index in [1.807, 2.05) is 36.5 Å². The van der Waals surface area contributed by atoms with Gasteiger partial charge in [-0.15, -0.1) is 0 Å². The van der Waals surface area contributed by atoms with Gasteiger partial charge in [-0.3, -0.25) is 9.78 Å². The predicted molar refractivity (Wildman–Crippen MR) is 120 cm³/mol. The minimum absolute atomic E-state index is 0.0173. The van der Waals surface area contributed by atoms with Gasteiger partial charge in [0.2, 0.25) is 0 Å². The summed E-state index contributed by atoms with van der Waals surface area (Å²) in [5.41, 5.74) is 3.98. The molecule has 1 fully saturated rings. The Kier molecular flexibility index (Phi) is 4.50. The summed E-state index contributed by atoms with van der Waals surface area (Å²) in [6.45, 7) is 3.59. The lowest BCUT2D eigenvalue weighted by Gasteiger charge is -2.37. The molecule has 0 saturated carbocycles. The monoisotopic (exact) mass is 401 g/mol. The molecule has 1 saturated heterocycles. The van der Waals surface area contributed by atoms with Gasteiger partial charge in [0.1, 0.15) is 5.75 Å². The van der Waals surface area contributed by atoms with Crippen molar-refractivity contribution < 1.29 is 4.74 Å². The van der Waals surface area contributed by atoms with E-state index in [1.165, 1.54) is 10.3 Å². The third-order valence-electron chi connectivity index (χ3n) is 5.81. The van der Waals surface area contributed by atoms with Crippen LogP contribution in [0.1, 0.15) is 0 Å². The van der Waals surface area contributed by atoms with Crippen LogP contribution in [0.4, 0.5) is 11.4 Å². The van der Waals surface area contributed by atoms with Crippen LogP contribution in [0.15, 0.2) is 59.8 Å². The highest BCUT2D eigenvalue weighted by Gasteiger charge is 2.20. The van der Waals surface area contributed by atoms with Gasteiger partial charge in [0.15, 0.2) is 0 Å². The van der Waals surface area contributed by atoms with Crippen LogP contribution in [0.3, 0.4) is 0 Å². The molecule has 30 heavy (non-hydrogen) atoms. The zero-order valence-electron chi connectivity index (χ0n) is 17.1. The molecule has 0 spiro atoms. The standard InChI is InChI=1S/C23H23N5O2/c1-26-15-25-21-13-16(3-5-18(21)23(26)29)27-9-11-28(12-10-27)22-7-8-24-20-6-4-17(30-2)14-19(20)22/h3-8,13-15H,9-12H2,1-2H3. The maximum atomic E-state index is 12.3. The SMILES string of the molecule is COc1ccc2nccc(N3CCN(c4ccc5c(=O)n(C)cnc5c4)CC3)c2c1. The fourth-order valence-corrected chi connectivity index (χ4v) is 4.11. The van der Waals surface area contributed by atoms with Gasteiger partial charge in [-0.2, -0.15) is 0 Å². The zero-order chi connectivity index (χ0) is 20.7. The molecule has 7 nitrogen and oxygen atoms in total. The Bertz CT molecular complexity index is 1290. The first-order valence-electron chi connectivity index (χ1n) is 10.0. The fraction of sp³-hybridized carbons (Fsp3) is 0.261. The molecule has 0 unspecified atom stereocenters. The lowest BCUT2D eigenvalue weighted by atomic mass is 10.1. The summed E-state index contributed by atoms with van der Waals surface area (Å²) in [5, 5.41) is 1.76. The number of piperazine rings is 1. The number of methoxy groups -OCH3 is 1. The summed E-state index contributed by atoms with van der Waals surface area (Å²) in [4.78, 5) is 25.9. The van der Waals surface area contributed by atoms with Gasteiger partial charge in [-0.25, -0.2) is 4.98 Å². The molecule has 5 rings (SSSR count). The van der Waals surface area contributed by atoms with Crippen LogP contribution in [0.25, 0.3) is 21.8 Å². The van der Waals surface area contributed by atoms with Crippen LogP contribution < -0.4 is 20.1 Å². The highest BCUT2D eigenvalue weighted by Crippen LogP contribution is 2.30. The van der Waals surface area contributed by atoms with E-state index in [4.69, 9.17) is 4.74 Å². The second kappa shape index (κ2) is 7.33.